The first-order valence-corrected chi connectivity index (χ1v) is 8.33. The first-order valence-electron chi connectivity index (χ1n) is 7.58. The van der Waals surface area contributed by atoms with E-state index in [1.165, 1.54) is 11.6 Å². The molecule has 0 atom stereocenters. The smallest absolute Gasteiger partial charge is 0.257 e. The van der Waals surface area contributed by atoms with Gasteiger partial charge in [0.05, 0.1) is 10.6 Å². The van der Waals surface area contributed by atoms with Gasteiger partial charge in [0.25, 0.3) is 5.91 Å². The molecule has 2 amide bonds. The molecule has 1 aliphatic rings. The van der Waals surface area contributed by atoms with E-state index in [0.717, 1.165) is 18.5 Å². The van der Waals surface area contributed by atoms with E-state index in [1.54, 1.807) is 24.0 Å². The predicted octanol–water partition coefficient (Wildman–Crippen LogP) is 4.15. The molecule has 0 spiro atoms. The van der Waals surface area contributed by atoms with Crippen LogP contribution >= 0.6 is 23.2 Å². The fourth-order valence-corrected chi connectivity index (χ4v) is 3.27. The van der Waals surface area contributed by atoms with Crippen molar-refractivity contribution in [1.29, 1.82) is 0 Å². The molecule has 0 unspecified atom stereocenters. The van der Waals surface area contributed by atoms with Crippen molar-refractivity contribution < 1.29 is 9.59 Å². The summed E-state index contributed by atoms with van der Waals surface area (Å²) in [6.07, 6.45) is 0.826. The molecular formula is C18H16Cl2N2O2. The molecule has 1 aliphatic heterocycles. The quantitative estimate of drug-likeness (QED) is 0.872. The molecule has 1 heterocycles. The van der Waals surface area contributed by atoms with E-state index in [4.69, 9.17) is 23.2 Å². The average Bonchev–Trinajstić information content (AvgIpc) is 2.53. The Morgan fingerprint density at radius 1 is 1.08 bits per heavy atom. The zero-order chi connectivity index (χ0) is 17.3. The van der Waals surface area contributed by atoms with Gasteiger partial charge in [0.1, 0.15) is 0 Å². The normalized spacial score (nSPS) is 13.4. The number of benzene rings is 2. The van der Waals surface area contributed by atoms with Crippen molar-refractivity contribution in [2.75, 3.05) is 11.9 Å². The first-order chi connectivity index (χ1) is 11.4. The lowest BCUT2D eigenvalue weighted by Gasteiger charge is -2.28. The summed E-state index contributed by atoms with van der Waals surface area (Å²) in [5.41, 5.74) is 3.30. The number of nitrogens with zero attached hydrogens (tertiary/aromatic N) is 1. The Morgan fingerprint density at radius 3 is 2.58 bits per heavy atom. The number of carbonyl (C=O) groups excluding carboxylic acids is 2. The minimum Gasteiger partial charge on any atom is -0.338 e. The number of anilines is 1. The predicted molar refractivity (Wildman–Crippen MR) is 95.7 cm³/mol. The summed E-state index contributed by atoms with van der Waals surface area (Å²) < 4.78 is 0. The van der Waals surface area contributed by atoms with Crippen LogP contribution in [0.2, 0.25) is 10.0 Å². The Kier molecular flexibility index (Phi) is 4.78. The molecule has 0 bridgehead atoms. The number of nitrogens with one attached hydrogen (secondary N) is 1. The Balaban J connectivity index is 1.80. The fourth-order valence-electron chi connectivity index (χ4n) is 2.78. The van der Waals surface area contributed by atoms with Crippen LogP contribution in [0.3, 0.4) is 0 Å². The summed E-state index contributed by atoms with van der Waals surface area (Å²) in [7, 11) is 0. The van der Waals surface area contributed by atoms with Crippen LogP contribution in [-0.2, 0) is 17.8 Å². The summed E-state index contributed by atoms with van der Waals surface area (Å²) in [4.78, 5) is 25.7. The van der Waals surface area contributed by atoms with Crippen molar-refractivity contribution in [3.63, 3.8) is 0 Å². The number of halogens is 2. The second-order valence-electron chi connectivity index (χ2n) is 5.75. The average molecular weight is 363 g/mol. The van der Waals surface area contributed by atoms with Crippen LogP contribution in [0.4, 0.5) is 5.69 Å². The van der Waals surface area contributed by atoms with Crippen molar-refractivity contribution in [1.82, 2.24) is 4.90 Å². The Hall–Kier alpha value is -2.04. The highest BCUT2D eigenvalue weighted by atomic mass is 35.5. The van der Waals surface area contributed by atoms with Crippen LogP contribution in [-0.4, -0.2) is 23.3 Å². The highest BCUT2D eigenvalue weighted by Crippen LogP contribution is 2.25. The number of hydrogen-bond donors (Lipinski definition) is 1. The minimum atomic E-state index is -0.296. The number of amides is 2. The van der Waals surface area contributed by atoms with Crippen LogP contribution in [0.25, 0.3) is 0 Å². The van der Waals surface area contributed by atoms with E-state index >= 15 is 0 Å². The van der Waals surface area contributed by atoms with Gasteiger partial charge in [0, 0.05) is 30.7 Å². The van der Waals surface area contributed by atoms with Gasteiger partial charge in [0.2, 0.25) is 5.91 Å². The summed E-state index contributed by atoms with van der Waals surface area (Å²) in [5.74, 6) is -0.237. The third-order valence-corrected chi connectivity index (χ3v) is 4.65. The lowest BCUT2D eigenvalue weighted by atomic mass is 9.99. The highest BCUT2D eigenvalue weighted by molar-refractivity contribution is 6.37. The van der Waals surface area contributed by atoms with Gasteiger partial charge >= 0.3 is 0 Å². The molecule has 3 rings (SSSR count). The molecule has 6 heteroatoms. The summed E-state index contributed by atoms with van der Waals surface area (Å²) in [6.45, 7) is 2.86. The maximum atomic E-state index is 12.4. The molecule has 0 radical (unpaired) electrons. The minimum absolute atomic E-state index is 0.0584. The molecule has 2 aromatic rings. The van der Waals surface area contributed by atoms with Crippen molar-refractivity contribution >= 4 is 40.7 Å². The largest absolute Gasteiger partial charge is 0.338 e. The number of fused-ring (bicyclic) bond motifs is 1. The second-order valence-corrected chi connectivity index (χ2v) is 6.60. The van der Waals surface area contributed by atoms with Gasteiger partial charge in [-0.05, 0) is 47.9 Å². The van der Waals surface area contributed by atoms with Gasteiger partial charge in [-0.3, -0.25) is 9.59 Å². The van der Waals surface area contributed by atoms with Crippen LogP contribution in [0.15, 0.2) is 36.4 Å². The van der Waals surface area contributed by atoms with E-state index in [-0.39, 0.29) is 11.8 Å². The maximum absolute atomic E-state index is 12.4. The Bertz CT molecular complexity index is 821. The van der Waals surface area contributed by atoms with Crippen molar-refractivity contribution in [3.8, 4) is 0 Å². The van der Waals surface area contributed by atoms with Gasteiger partial charge < -0.3 is 10.2 Å². The molecule has 24 heavy (non-hydrogen) atoms. The van der Waals surface area contributed by atoms with Gasteiger partial charge in [-0.1, -0.05) is 29.3 Å². The second kappa shape index (κ2) is 6.83. The van der Waals surface area contributed by atoms with E-state index in [9.17, 15) is 9.59 Å². The van der Waals surface area contributed by atoms with E-state index < -0.39 is 0 Å². The van der Waals surface area contributed by atoms with Crippen molar-refractivity contribution in [2.24, 2.45) is 0 Å². The molecule has 0 fully saturated rings. The molecular weight excluding hydrogens is 347 g/mol. The van der Waals surface area contributed by atoms with Crippen LogP contribution in [0, 0.1) is 0 Å². The zero-order valence-electron chi connectivity index (χ0n) is 13.1. The molecule has 4 nitrogen and oxygen atoms in total. The van der Waals surface area contributed by atoms with E-state index in [2.05, 4.69) is 5.32 Å². The molecule has 0 aromatic heterocycles. The molecule has 0 saturated heterocycles. The summed E-state index contributed by atoms with van der Waals surface area (Å²) in [5, 5.41) is 3.63. The van der Waals surface area contributed by atoms with Gasteiger partial charge in [-0.2, -0.15) is 0 Å². The highest BCUT2D eigenvalue weighted by Gasteiger charge is 2.19. The van der Waals surface area contributed by atoms with E-state index in [0.29, 0.717) is 27.8 Å². The lowest BCUT2D eigenvalue weighted by Crippen LogP contribution is -2.34. The van der Waals surface area contributed by atoms with Gasteiger partial charge in [0.15, 0.2) is 0 Å². The Morgan fingerprint density at radius 2 is 1.88 bits per heavy atom. The monoisotopic (exact) mass is 362 g/mol. The topological polar surface area (TPSA) is 49.4 Å². The maximum Gasteiger partial charge on any atom is 0.257 e. The third kappa shape index (κ3) is 3.55. The summed E-state index contributed by atoms with van der Waals surface area (Å²) in [6, 6.07) is 10.5. The first kappa shape index (κ1) is 16.8. The molecule has 0 saturated carbocycles. The molecule has 1 N–H and O–H groups in total. The van der Waals surface area contributed by atoms with E-state index in [1.807, 2.05) is 18.2 Å². The number of rotatable bonds is 2. The Labute approximate surface area is 150 Å². The van der Waals surface area contributed by atoms with Crippen LogP contribution in [0.5, 0.6) is 0 Å². The van der Waals surface area contributed by atoms with Crippen molar-refractivity contribution in [3.05, 3.63) is 63.1 Å². The van der Waals surface area contributed by atoms with Crippen molar-refractivity contribution in [2.45, 2.75) is 19.9 Å². The molecule has 2 aromatic carbocycles. The molecule has 0 aliphatic carbocycles. The SMILES string of the molecule is CC(=O)N1CCc2ccc(NC(=O)c3ccc(Cl)cc3Cl)cc2C1. The lowest BCUT2D eigenvalue weighted by molar-refractivity contribution is -0.129. The fraction of sp³-hybridized carbons (Fsp3) is 0.222. The molecule has 124 valence electrons. The van der Waals surface area contributed by atoms with Gasteiger partial charge in [-0.25, -0.2) is 0 Å². The van der Waals surface area contributed by atoms with Crippen LogP contribution < -0.4 is 5.32 Å². The number of carbonyl (C=O) groups is 2. The zero-order valence-corrected chi connectivity index (χ0v) is 14.6. The van der Waals surface area contributed by atoms with Crippen LogP contribution in [0.1, 0.15) is 28.4 Å². The summed E-state index contributed by atoms with van der Waals surface area (Å²) >= 11 is 11.9. The number of hydrogen-bond acceptors (Lipinski definition) is 2. The standard InChI is InChI=1S/C18H16Cl2N2O2/c1-11(23)22-7-6-12-2-4-15(8-13(12)10-22)21-18(24)16-5-3-14(19)9-17(16)20/h2-5,8-9H,6-7,10H2,1H3,(H,21,24). The third-order valence-electron chi connectivity index (χ3n) is 4.10. The van der Waals surface area contributed by atoms with Gasteiger partial charge in [-0.15, -0.1) is 0 Å².